The summed E-state index contributed by atoms with van der Waals surface area (Å²) in [5.74, 6) is -0.835. The van der Waals surface area contributed by atoms with E-state index in [1.54, 1.807) is 12.0 Å². The van der Waals surface area contributed by atoms with E-state index in [0.29, 0.717) is 31.2 Å². The van der Waals surface area contributed by atoms with Gasteiger partial charge in [-0.05, 0) is 13.0 Å². The zero-order valence-electron chi connectivity index (χ0n) is 11.0. The largest absolute Gasteiger partial charge is 0.383 e. The fourth-order valence-corrected chi connectivity index (χ4v) is 2.36. The molecular weight excluding hydrogens is 252 g/mol. The second-order valence-corrected chi connectivity index (χ2v) is 4.72. The van der Waals surface area contributed by atoms with Crippen molar-refractivity contribution in [3.05, 3.63) is 35.4 Å². The number of rotatable bonds is 4. The lowest BCUT2D eigenvalue weighted by atomic mass is 9.90. The van der Waals surface area contributed by atoms with Crippen molar-refractivity contribution in [3.8, 4) is 0 Å². The minimum atomic E-state index is -0.708. The normalized spacial score (nSPS) is 22.7. The molecule has 1 heterocycles. The zero-order chi connectivity index (χ0) is 14.0. The Morgan fingerprint density at radius 1 is 1.47 bits per heavy atom. The van der Waals surface area contributed by atoms with Crippen LogP contribution in [0.4, 0.5) is 8.78 Å². The number of hydrogen-bond donors (Lipinski definition) is 1. The maximum absolute atomic E-state index is 14.0. The average Bonchev–Trinajstić information content (AvgIpc) is 2.64. The molecule has 6 heteroatoms. The summed E-state index contributed by atoms with van der Waals surface area (Å²) in [4.78, 5) is 5.95. The second-order valence-electron chi connectivity index (χ2n) is 4.72. The van der Waals surface area contributed by atoms with Crippen molar-refractivity contribution in [2.75, 3.05) is 26.8 Å². The van der Waals surface area contributed by atoms with Crippen LogP contribution in [-0.2, 0) is 10.3 Å². The Morgan fingerprint density at radius 3 is 2.84 bits per heavy atom. The van der Waals surface area contributed by atoms with E-state index in [-0.39, 0.29) is 0 Å². The van der Waals surface area contributed by atoms with Crippen molar-refractivity contribution >= 4 is 5.96 Å². The molecule has 0 aromatic heterocycles. The number of aliphatic imine (C=N–C) groups is 1. The fourth-order valence-electron chi connectivity index (χ4n) is 2.36. The van der Waals surface area contributed by atoms with E-state index >= 15 is 0 Å². The summed E-state index contributed by atoms with van der Waals surface area (Å²) in [6.07, 6.45) is 0. The molecule has 1 aromatic carbocycles. The topological polar surface area (TPSA) is 50.9 Å². The van der Waals surface area contributed by atoms with Crippen molar-refractivity contribution in [1.82, 2.24) is 4.90 Å². The molecule has 1 aromatic rings. The van der Waals surface area contributed by atoms with Gasteiger partial charge in [0.25, 0.3) is 0 Å². The quantitative estimate of drug-likeness (QED) is 0.900. The van der Waals surface area contributed by atoms with Gasteiger partial charge >= 0.3 is 0 Å². The summed E-state index contributed by atoms with van der Waals surface area (Å²) < 4.78 is 32.0. The van der Waals surface area contributed by atoms with Gasteiger partial charge in [0.2, 0.25) is 0 Å². The van der Waals surface area contributed by atoms with Crippen molar-refractivity contribution < 1.29 is 13.5 Å². The molecule has 1 aliphatic rings. The third kappa shape index (κ3) is 2.40. The Balaban J connectivity index is 2.35. The highest BCUT2D eigenvalue weighted by Gasteiger charge is 2.41. The molecule has 2 N–H and O–H groups in total. The Hall–Kier alpha value is -1.69. The van der Waals surface area contributed by atoms with E-state index in [9.17, 15) is 8.78 Å². The van der Waals surface area contributed by atoms with Gasteiger partial charge in [-0.25, -0.2) is 8.78 Å². The van der Waals surface area contributed by atoms with Crippen LogP contribution in [0, 0.1) is 11.6 Å². The highest BCUT2D eigenvalue weighted by atomic mass is 19.1. The fraction of sp³-hybridized carbons (Fsp3) is 0.462. The molecule has 1 unspecified atom stereocenters. The molecule has 4 nitrogen and oxygen atoms in total. The first-order chi connectivity index (χ1) is 8.99. The Labute approximate surface area is 110 Å². The molecule has 0 saturated carbocycles. The van der Waals surface area contributed by atoms with Crippen molar-refractivity contribution in [2.45, 2.75) is 12.5 Å². The predicted molar refractivity (Wildman–Crippen MR) is 68.8 cm³/mol. The van der Waals surface area contributed by atoms with Crippen LogP contribution in [0.1, 0.15) is 12.5 Å². The summed E-state index contributed by atoms with van der Waals surface area (Å²) in [6.45, 7) is 3.13. The van der Waals surface area contributed by atoms with E-state index in [1.165, 1.54) is 12.1 Å². The van der Waals surface area contributed by atoms with Gasteiger partial charge in [-0.1, -0.05) is 6.07 Å². The Morgan fingerprint density at radius 2 is 2.21 bits per heavy atom. The average molecular weight is 269 g/mol. The molecule has 0 radical (unpaired) electrons. The minimum absolute atomic E-state index is 0.338. The van der Waals surface area contributed by atoms with Crippen molar-refractivity contribution in [2.24, 2.45) is 10.7 Å². The van der Waals surface area contributed by atoms with Gasteiger partial charge in [0.05, 0.1) is 18.7 Å². The van der Waals surface area contributed by atoms with Gasteiger partial charge in [0.15, 0.2) is 5.96 Å². The molecule has 0 bridgehead atoms. The Bertz CT molecular complexity index is 507. The molecule has 0 spiro atoms. The lowest BCUT2D eigenvalue weighted by Gasteiger charge is -2.36. The molecule has 1 aliphatic heterocycles. The number of hydrogen-bond acceptors (Lipinski definition) is 4. The van der Waals surface area contributed by atoms with Crippen molar-refractivity contribution in [1.29, 1.82) is 0 Å². The van der Waals surface area contributed by atoms with Crippen LogP contribution >= 0.6 is 0 Å². The summed E-state index contributed by atoms with van der Waals surface area (Å²) in [6, 6.07) is 3.56. The van der Waals surface area contributed by atoms with Crippen LogP contribution in [0.3, 0.4) is 0 Å². The highest BCUT2D eigenvalue weighted by molar-refractivity contribution is 5.81. The summed E-state index contributed by atoms with van der Waals surface area (Å²) >= 11 is 0. The maximum atomic E-state index is 14.0. The molecule has 0 fully saturated rings. The first-order valence-electron chi connectivity index (χ1n) is 6.01. The lowest BCUT2D eigenvalue weighted by Crippen LogP contribution is -2.49. The van der Waals surface area contributed by atoms with E-state index in [0.717, 1.165) is 6.07 Å². The summed E-state index contributed by atoms with van der Waals surface area (Å²) in [5, 5.41) is 0. The lowest BCUT2D eigenvalue weighted by molar-refractivity contribution is 0.135. The van der Waals surface area contributed by atoms with Crippen molar-refractivity contribution in [3.63, 3.8) is 0 Å². The molecule has 0 aliphatic carbocycles. The molecular formula is C13H17F2N3O. The van der Waals surface area contributed by atoms with Crippen LogP contribution in [0.25, 0.3) is 0 Å². The number of nitrogens with zero attached hydrogens (tertiary/aromatic N) is 2. The molecule has 2 rings (SSSR count). The van der Waals surface area contributed by atoms with Gasteiger partial charge in [-0.15, -0.1) is 0 Å². The first kappa shape index (κ1) is 13.7. The van der Waals surface area contributed by atoms with Gasteiger partial charge in [-0.2, -0.15) is 0 Å². The number of ether oxygens (including phenoxy) is 1. The van der Waals surface area contributed by atoms with Gasteiger partial charge in [0.1, 0.15) is 11.6 Å². The van der Waals surface area contributed by atoms with Crippen LogP contribution in [-0.4, -0.2) is 37.7 Å². The zero-order valence-corrected chi connectivity index (χ0v) is 11.0. The standard InChI is InChI=1S/C13H17F2N3O/c1-13(10-4-3-9(14)7-11(10)15)8-17-12(16)18(13)5-6-19-2/h3-4,7H,5-6,8H2,1-2H3,(H2,16,17). The SMILES string of the molecule is COCCN1C(N)=NCC1(C)c1ccc(F)cc1F. The van der Waals surface area contributed by atoms with Crippen LogP contribution in [0.2, 0.25) is 0 Å². The van der Waals surface area contributed by atoms with Crippen LogP contribution < -0.4 is 5.73 Å². The van der Waals surface area contributed by atoms with Gasteiger partial charge in [0, 0.05) is 25.3 Å². The minimum Gasteiger partial charge on any atom is -0.383 e. The monoisotopic (exact) mass is 269 g/mol. The predicted octanol–water partition coefficient (Wildman–Crippen LogP) is 1.46. The van der Waals surface area contributed by atoms with Gasteiger partial charge < -0.3 is 15.4 Å². The van der Waals surface area contributed by atoms with E-state index in [1.807, 2.05) is 6.92 Å². The number of guanidine groups is 1. The third-order valence-corrected chi connectivity index (χ3v) is 3.45. The molecule has 104 valence electrons. The second kappa shape index (κ2) is 5.13. The van der Waals surface area contributed by atoms with Crippen LogP contribution in [0.15, 0.2) is 23.2 Å². The molecule has 1 atom stereocenters. The smallest absolute Gasteiger partial charge is 0.192 e. The molecule has 19 heavy (non-hydrogen) atoms. The Kier molecular flexibility index (Phi) is 3.71. The van der Waals surface area contributed by atoms with E-state index < -0.39 is 17.2 Å². The highest BCUT2D eigenvalue weighted by Crippen LogP contribution is 2.34. The summed E-state index contributed by atoms with van der Waals surface area (Å²) in [7, 11) is 1.58. The first-order valence-corrected chi connectivity index (χ1v) is 6.01. The number of halogens is 2. The number of nitrogens with two attached hydrogens (primary N) is 1. The van der Waals surface area contributed by atoms with E-state index in [2.05, 4.69) is 4.99 Å². The maximum Gasteiger partial charge on any atom is 0.192 e. The number of methoxy groups -OCH3 is 1. The summed E-state index contributed by atoms with van der Waals surface area (Å²) in [5.41, 5.74) is 5.51. The molecule has 0 amide bonds. The van der Waals surface area contributed by atoms with Crippen LogP contribution in [0.5, 0.6) is 0 Å². The number of benzene rings is 1. The third-order valence-electron chi connectivity index (χ3n) is 3.45. The van der Waals surface area contributed by atoms with Gasteiger partial charge in [-0.3, -0.25) is 4.99 Å². The van der Waals surface area contributed by atoms with E-state index in [4.69, 9.17) is 10.5 Å². The molecule has 0 saturated heterocycles.